The number of rotatable bonds is 5. The quantitative estimate of drug-likeness (QED) is 0.644. The Balaban J connectivity index is 1.95. The molecule has 31 heavy (non-hydrogen) atoms. The van der Waals surface area contributed by atoms with Crippen LogP contribution in [0.1, 0.15) is 28.4 Å². The lowest BCUT2D eigenvalue weighted by Crippen LogP contribution is -2.24. The lowest BCUT2D eigenvalue weighted by atomic mass is 9.91. The van der Waals surface area contributed by atoms with Crippen molar-refractivity contribution in [2.45, 2.75) is 13.3 Å². The van der Waals surface area contributed by atoms with E-state index in [4.69, 9.17) is 17.0 Å². The molecular formula is C24H23N5O2. The van der Waals surface area contributed by atoms with Crippen molar-refractivity contribution in [1.82, 2.24) is 9.78 Å². The maximum atomic E-state index is 12.3. The third-order valence-corrected chi connectivity index (χ3v) is 5.63. The Kier molecular flexibility index (Phi) is 5.40. The summed E-state index contributed by atoms with van der Waals surface area (Å²) in [5.74, 6) is 0.681. The maximum absolute atomic E-state index is 12.3. The van der Waals surface area contributed by atoms with E-state index >= 15 is 0 Å². The molecule has 1 aliphatic rings. The monoisotopic (exact) mass is 413 g/mol. The minimum absolute atomic E-state index is 0.0131. The third kappa shape index (κ3) is 3.41. The molecule has 7 nitrogen and oxygen atoms in total. The number of nitrogens with zero attached hydrogens (tertiary/aromatic N) is 4. The molecule has 0 amide bonds. The average Bonchev–Trinajstić information content (AvgIpc) is 3.19. The van der Waals surface area contributed by atoms with Crippen LogP contribution in [0.25, 0.3) is 27.2 Å². The van der Waals surface area contributed by atoms with Gasteiger partial charge in [0.2, 0.25) is 0 Å². The Labute approximate surface area is 181 Å². The van der Waals surface area contributed by atoms with E-state index in [1.807, 2.05) is 44.3 Å². The first kappa shape index (κ1) is 20.5. The van der Waals surface area contributed by atoms with Crippen LogP contribution in [0.5, 0.6) is 5.75 Å². The number of aromatic nitrogens is 2. The molecule has 0 fully saturated rings. The highest BCUT2D eigenvalue weighted by atomic mass is 16.5. The predicted octanol–water partition coefficient (Wildman–Crippen LogP) is 3.82. The molecule has 1 aromatic heterocycles. The van der Waals surface area contributed by atoms with E-state index < -0.39 is 0 Å². The highest BCUT2D eigenvalue weighted by Gasteiger charge is 2.23. The second-order valence-electron chi connectivity index (χ2n) is 7.33. The van der Waals surface area contributed by atoms with E-state index in [9.17, 15) is 4.79 Å². The van der Waals surface area contributed by atoms with E-state index in [-0.39, 0.29) is 18.9 Å². The first-order valence-electron chi connectivity index (χ1n) is 10.0. The van der Waals surface area contributed by atoms with Gasteiger partial charge in [0, 0.05) is 35.8 Å². The van der Waals surface area contributed by atoms with Crippen molar-refractivity contribution in [1.29, 1.82) is 0 Å². The number of carbonyl (C=O) groups excluding carboxylic acids is 1. The number of ketones is 1. The topological polar surface area (TPSA) is 86.9 Å². The molecule has 1 aliphatic heterocycles. The molecule has 156 valence electrons. The van der Waals surface area contributed by atoms with Gasteiger partial charge in [-0.05, 0) is 35.7 Å². The molecule has 2 N–H and O–H groups in total. The molecular weight excluding hydrogens is 390 g/mol. The zero-order chi connectivity index (χ0) is 22.1. The van der Waals surface area contributed by atoms with Gasteiger partial charge in [0.05, 0.1) is 31.3 Å². The Morgan fingerprint density at radius 1 is 1.19 bits per heavy atom. The van der Waals surface area contributed by atoms with Crippen LogP contribution in [-0.2, 0) is 13.5 Å². The van der Waals surface area contributed by atoms with Gasteiger partial charge in [-0.15, -0.1) is 0 Å². The number of hydrogen-bond acceptors (Lipinski definition) is 5. The largest absolute Gasteiger partial charge is 0.497 e. The number of carbonyl (C=O) groups is 1. The van der Waals surface area contributed by atoms with E-state index in [1.54, 1.807) is 18.0 Å². The van der Waals surface area contributed by atoms with Gasteiger partial charge in [-0.25, -0.2) is 4.85 Å². The molecule has 3 aromatic rings. The average molecular weight is 413 g/mol. The van der Waals surface area contributed by atoms with Gasteiger partial charge < -0.3 is 10.5 Å². The first-order chi connectivity index (χ1) is 15.0. The van der Waals surface area contributed by atoms with E-state index in [0.29, 0.717) is 23.4 Å². The van der Waals surface area contributed by atoms with E-state index in [0.717, 1.165) is 39.2 Å². The highest BCUT2D eigenvalue weighted by Crippen LogP contribution is 2.42. The first-order valence-corrected chi connectivity index (χ1v) is 10.0. The molecule has 0 atom stereocenters. The van der Waals surface area contributed by atoms with Gasteiger partial charge in [-0.3, -0.25) is 14.5 Å². The van der Waals surface area contributed by atoms with Gasteiger partial charge in [0.25, 0.3) is 0 Å². The van der Waals surface area contributed by atoms with Crippen molar-refractivity contribution in [3.05, 3.63) is 64.6 Å². The fraction of sp³-hybridized carbons (Fsp3) is 0.250. The Morgan fingerprint density at radius 2 is 2.00 bits per heavy atom. The Morgan fingerprint density at radius 3 is 2.68 bits per heavy atom. The molecule has 0 saturated carbocycles. The lowest BCUT2D eigenvalue weighted by molar-refractivity contribution is 0.1000. The predicted molar refractivity (Wildman–Crippen MR) is 121 cm³/mol. The molecule has 2 aromatic carbocycles. The maximum Gasteiger partial charge on any atom is 0.199 e. The molecule has 0 bridgehead atoms. The number of fused-ring (bicyclic) bond motifs is 1. The number of methoxy groups -OCH3 is 1. The van der Waals surface area contributed by atoms with Crippen LogP contribution in [0.4, 0.5) is 5.69 Å². The van der Waals surface area contributed by atoms with Crippen molar-refractivity contribution in [2.24, 2.45) is 17.8 Å². The van der Waals surface area contributed by atoms with E-state index in [1.165, 1.54) is 0 Å². The van der Waals surface area contributed by atoms with Crippen LogP contribution < -0.4 is 10.5 Å². The van der Waals surface area contributed by atoms with Crippen molar-refractivity contribution in [3.63, 3.8) is 0 Å². The van der Waals surface area contributed by atoms with Crippen LogP contribution in [0, 0.1) is 6.57 Å². The van der Waals surface area contributed by atoms with Crippen LogP contribution in [0.3, 0.4) is 0 Å². The number of hydrogen-bond donors (Lipinski definition) is 1. The van der Waals surface area contributed by atoms with Crippen LogP contribution in [0.2, 0.25) is 0 Å². The number of benzene rings is 2. The summed E-state index contributed by atoms with van der Waals surface area (Å²) < 4.78 is 7.26. The standard InChI is InChI=1S/C24H23N5O2/c1-5-14-8-16(31-4)10-19(23(14)26-2)24-20(12-28-29(24)3)15-6-7-17-18(9-15)21(11-25)27-13-22(17)30/h6-10,12H,5,11,13,25H2,1,3-4H3. The summed E-state index contributed by atoms with van der Waals surface area (Å²) in [6, 6.07) is 9.46. The summed E-state index contributed by atoms with van der Waals surface area (Å²) in [4.78, 5) is 20.5. The van der Waals surface area contributed by atoms with Crippen molar-refractivity contribution < 1.29 is 9.53 Å². The van der Waals surface area contributed by atoms with Crippen LogP contribution in [-0.4, -0.2) is 41.5 Å². The molecule has 0 unspecified atom stereocenters. The van der Waals surface area contributed by atoms with Gasteiger partial charge in [-0.2, -0.15) is 5.10 Å². The number of ether oxygens (including phenoxy) is 1. The number of Topliss-reactive ketones (excluding diaryl/α,β-unsaturated/α-hetero) is 1. The highest BCUT2D eigenvalue weighted by molar-refractivity contribution is 6.16. The summed E-state index contributed by atoms with van der Waals surface area (Å²) in [6.45, 7) is 10.2. The van der Waals surface area contributed by atoms with Gasteiger partial charge in [0.15, 0.2) is 11.5 Å². The summed E-state index contributed by atoms with van der Waals surface area (Å²) in [7, 11) is 3.47. The minimum Gasteiger partial charge on any atom is -0.497 e. The SMILES string of the molecule is [C-]#[N+]c1c(CC)cc(OC)cc1-c1c(-c2ccc3c(c2)C(CN)=NCC3=O)cnn1C. The van der Waals surface area contributed by atoms with E-state index in [2.05, 4.69) is 14.9 Å². The summed E-state index contributed by atoms with van der Waals surface area (Å²) in [6.07, 6.45) is 2.49. The van der Waals surface area contributed by atoms with Gasteiger partial charge in [-0.1, -0.05) is 19.1 Å². The van der Waals surface area contributed by atoms with Crippen molar-refractivity contribution in [3.8, 4) is 28.1 Å². The van der Waals surface area contributed by atoms with Gasteiger partial charge in [0.1, 0.15) is 12.3 Å². The second kappa shape index (κ2) is 8.17. The Hall–Kier alpha value is -3.76. The van der Waals surface area contributed by atoms with Crippen molar-refractivity contribution >= 4 is 17.2 Å². The zero-order valence-electron chi connectivity index (χ0n) is 17.8. The number of aryl methyl sites for hydroxylation is 2. The second-order valence-corrected chi connectivity index (χ2v) is 7.33. The fourth-order valence-electron chi connectivity index (χ4n) is 4.04. The smallest absolute Gasteiger partial charge is 0.199 e. The number of aliphatic imine (C=N–C) groups is 1. The molecule has 0 saturated heterocycles. The third-order valence-electron chi connectivity index (χ3n) is 5.63. The Bertz CT molecular complexity index is 1260. The van der Waals surface area contributed by atoms with Crippen LogP contribution in [0.15, 0.2) is 41.5 Å². The van der Waals surface area contributed by atoms with Crippen LogP contribution >= 0.6 is 0 Å². The summed E-state index contributed by atoms with van der Waals surface area (Å²) in [5.41, 5.74) is 12.8. The summed E-state index contributed by atoms with van der Waals surface area (Å²) in [5, 5.41) is 4.47. The molecule has 2 heterocycles. The summed E-state index contributed by atoms with van der Waals surface area (Å²) >= 11 is 0. The van der Waals surface area contributed by atoms with Gasteiger partial charge >= 0.3 is 0 Å². The zero-order valence-corrected chi connectivity index (χ0v) is 17.8. The fourth-order valence-corrected chi connectivity index (χ4v) is 4.04. The molecule has 4 rings (SSSR count). The van der Waals surface area contributed by atoms with Crippen molar-refractivity contribution in [2.75, 3.05) is 20.2 Å². The lowest BCUT2D eigenvalue weighted by Gasteiger charge is -2.17. The molecule has 0 aliphatic carbocycles. The molecule has 0 spiro atoms. The normalized spacial score (nSPS) is 12.9. The molecule has 0 radical (unpaired) electrons. The minimum atomic E-state index is -0.0131. The number of nitrogens with two attached hydrogens (primary N) is 1. The molecule has 7 heteroatoms.